The number of rotatable bonds is 4. The Kier molecular flexibility index (Phi) is 4.20. The number of carbonyl (C=O) groups is 1. The smallest absolute Gasteiger partial charge is 0.249 e. The molecule has 4 atom stereocenters. The van der Waals surface area contributed by atoms with Crippen molar-refractivity contribution < 1.29 is 9.18 Å². The van der Waals surface area contributed by atoms with Crippen molar-refractivity contribution in [2.45, 2.75) is 63.7 Å². The number of fused-ring (bicyclic) bond motifs is 1. The quantitative estimate of drug-likeness (QED) is 0.806. The number of alkyl halides is 1. The summed E-state index contributed by atoms with van der Waals surface area (Å²) in [5.74, 6) is 0.585. The topological polar surface area (TPSA) is 73.9 Å². The van der Waals surface area contributed by atoms with Gasteiger partial charge in [0.05, 0.1) is 5.39 Å². The minimum atomic E-state index is -1.16. The predicted molar refractivity (Wildman–Crippen MR) is 103 cm³/mol. The minimum Gasteiger partial charge on any atom is -0.365 e. The molecular formula is C20H26FN5O. The number of hydrogen-bond donors (Lipinski definition) is 2. The Morgan fingerprint density at radius 1 is 1.44 bits per heavy atom. The molecule has 2 fully saturated rings. The molecule has 1 amide bonds. The molecule has 7 heteroatoms. The first kappa shape index (κ1) is 17.9. The van der Waals surface area contributed by atoms with Gasteiger partial charge in [0.25, 0.3) is 0 Å². The summed E-state index contributed by atoms with van der Waals surface area (Å²) in [7, 11) is 0. The van der Waals surface area contributed by atoms with E-state index in [9.17, 15) is 9.18 Å². The number of H-pyrrole nitrogens is 1. The van der Waals surface area contributed by atoms with Gasteiger partial charge < -0.3 is 15.2 Å². The summed E-state index contributed by atoms with van der Waals surface area (Å²) in [5, 5.41) is 4.35. The lowest BCUT2D eigenvalue weighted by atomic mass is 9.98. The molecule has 2 aliphatic rings. The molecule has 2 aromatic heterocycles. The third-order valence-electron chi connectivity index (χ3n) is 5.89. The largest absolute Gasteiger partial charge is 0.365 e. The van der Waals surface area contributed by atoms with Crippen molar-refractivity contribution in [3.05, 3.63) is 30.2 Å². The van der Waals surface area contributed by atoms with Gasteiger partial charge in [-0.2, -0.15) is 0 Å². The molecule has 1 unspecified atom stereocenters. The van der Waals surface area contributed by atoms with Crippen LogP contribution >= 0.6 is 0 Å². The Hall–Kier alpha value is -2.44. The maximum absolute atomic E-state index is 14.3. The fourth-order valence-electron chi connectivity index (χ4n) is 4.09. The third kappa shape index (κ3) is 3.19. The number of amides is 1. The summed E-state index contributed by atoms with van der Waals surface area (Å²) in [4.78, 5) is 26.2. The second kappa shape index (κ2) is 6.32. The van der Waals surface area contributed by atoms with Gasteiger partial charge in [-0.1, -0.05) is 6.58 Å². The normalized spacial score (nSPS) is 30.4. The fourth-order valence-corrected chi connectivity index (χ4v) is 4.09. The zero-order valence-electron chi connectivity index (χ0n) is 16.1. The lowest BCUT2D eigenvalue weighted by Gasteiger charge is -2.38. The Morgan fingerprint density at radius 3 is 2.85 bits per heavy atom. The molecule has 0 bridgehead atoms. The fraction of sp³-hybridized carbons (Fsp3) is 0.550. The SMILES string of the molecule is C=C(C)C(=O)N1C[C@H](Nc2ncnc3[nH]cc([C@H]4CC4(C)F)c23)CC[C@@H]1C. The maximum atomic E-state index is 14.3. The molecule has 2 N–H and O–H groups in total. The van der Waals surface area contributed by atoms with Crippen molar-refractivity contribution >= 4 is 22.8 Å². The highest BCUT2D eigenvalue weighted by molar-refractivity contribution is 5.93. The number of anilines is 1. The van der Waals surface area contributed by atoms with Crippen LogP contribution in [0.1, 0.15) is 51.5 Å². The Morgan fingerprint density at radius 2 is 2.19 bits per heavy atom. The molecule has 2 aromatic rings. The van der Waals surface area contributed by atoms with Crippen molar-refractivity contribution in [2.75, 3.05) is 11.9 Å². The summed E-state index contributed by atoms with van der Waals surface area (Å²) in [5.41, 5.74) is 1.03. The maximum Gasteiger partial charge on any atom is 0.249 e. The number of piperidine rings is 1. The van der Waals surface area contributed by atoms with Crippen molar-refractivity contribution in [1.82, 2.24) is 19.9 Å². The number of nitrogens with zero attached hydrogens (tertiary/aromatic N) is 3. The molecule has 1 saturated heterocycles. The van der Waals surface area contributed by atoms with Crippen molar-refractivity contribution in [2.24, 2.45) is 0 Å². The molecule has 27 heavy (non-hydrogen) atoms. The Bertz CT molecular complexity index is 905. The van der Waals surface area contributed by atoms with Gasteiger partial charge >= 0.3 is 0 Å². The summed E-state index contributed by atoms with van der Waals surface area (Å²) in [6.45, 7) is 9.84. The Labute approximate surface area is 158 Å². The van der Waals surface area contributed by atoms with Gasteiger partial charge in [0, 0.05) is 36.3 Å². The molecule has 0 aromatic carbocycles. The van der Waals surface area contributed by atoms with E-state index in [0.29, 0.717) is 30.0 Å². The lowest BCUT2D eigenvalue weighted by Crippen LogP contribution is -2.50. The lowest BCUT2D eigenvalue weighted by molar-refractivity contribution is -0.130. The predicted octanol–water partition coefficient (Wildman–Crippen LogP) is 3.54. The van der Waals surface area contributed by atoms with Crippen LogP contribution in [-0.2, 0) is 4.79 Å². The molecule has 1 saturated carbocycles. The number of likely N-dealkylation sites (tertiary alicyclic amines) is 1. The van der Waals surface area contributed by atoms with Gasteiger partial charge in [-0.15, -0.1) is 0 Å². The van der Waals surface area contributed by atoms with Crippen LogP contribution in [0.15, 0.2) is 24.7 Å². The van der Waals surface area contributed by atoms with E-state index in [1.165, 1.54) is 6.33 Å². The molecule has 0 spiro atoms. The standard InChI is InChI=1S/C20H26FN5O/c1-11(2)19(27)26-9-13(6-5-12(26)3)25-18-16-14(15-7-20(15,4)21)8-22-17(16)23-10-24-18/h8,10,12-13,15H,1,5-7,9H2,2-4H3,(H2,22,23,24,25)/t12-,13+,15+,20?/m0/s1. The van der Waals surface area contributed by atoms with E-state index in [4.69, 9.17) is 0 Å². The van der Waals surface area contributed by atoms with Crippen LogP contribution in [0, 0.1) is 0 Å². The second-order valence-electron chi connectivity index (χ2n) is 8.23. The van der Waals surface area contributed by atoms with E-state index in [-0.39, 0.29) is 23.9 Å². The van der Waals surface area contributed by atoms with Crippen molar-refractivity contribution in [3.63, 3.8) is 0 Å². The summed E-state index contributed by atoms with van der Waals surface area (Å²) in [6.07, 6.45) is 5.73. The van der Waals surface area contributed by atoms with E-state index in [1.54, 1.807) is 13.8 Å². The number of nitrogens with one attached hydrogen (secondary N) is 2. The van der Waals surface area contributed by atoms with Gasteiger partial charge in [-0.3, -0.25) is 4.79 Å². The van der Waals surface area contributed by atoms with Gasteiger partial charge in [0.15, 0.2) is 0 Å². The minimum absolute atomic E-state index is 0.00431. The van der Waals surface area contributed by atoms with Crippen molar-refractivity contribution in [3.8, 4) is 0 Å². The van der Waals surface area contributed by atoms with Crippen LogP contribution in [0.4, 0.5) is 10.2 Å². The molecule has 4 rings (SSSR count). The van der Waals surface area contributed by atoms with E-state index in [2.05, 4.69) is 33.8 Å². The number of hydrogen-bond acceptors (Lipinski definition) is 4. The zero-order valence-corrected chi connectivity index (χ0v) is 16.1. The molecule has 144 valence electrons. The summed E-state index contributed by atoms with van der Waals surface area (Å²) < 4.78 is 14.3. The molecule has 6 nitrogen and oxygen atoms in total. The third-order valence-corrected chi connectivity index (χ3v) is 5.89. The average Bonchev–Trinajstić information content (AvgIpc) is 3.05. The summed E-state index contributed by atoms with van der Waals surface area (Å²) in [6, 6.07) is 0.278. The van der Waals surface area contributed by atoms with Crippen LogP contribution in [0.25, 0.3) is 11.0 Å². The van der Waals surface area contributed by atoms with E-state index >= 15 is 0 Å². The summed E-state index contributed by atoms with van der Waals surface area (Å²) >= 11 is 0. The highest BCUT2D eigenvalue weighted by Crippen LogP contribution is 2.56. The van der Waals surface area contributed by atoms with Gasteiger partial charge in [-0.25, -0.2) is 14.4 Å². The molecule has 0 radical (unpaired) electrons. The molecular weight excluding hydrogens is 345 g/mol. The van der Waals surface area contributed by atoms with Crippen LogP contribution in [0.3, 0.4) is 0 Å². The van der Waals surface area contributed by atoms with Gasteiger partial charge in [-0.05, 0) is 45.6 Å². The monoisotopic (exact) mass is 371 g/mol. The number of halogens is 1. The first-order valence-electron chi connectivity index (χ1n) is 9.52. The first-order chi connectivity index (χ1) is 12.8. The van der Waals surface area contributed by atoms with E-state index < -0.39 is 5.67 Å². The van der Waals surface area contributed by atoms with Crippen LogP contribution < -0.4 is 5.32 Å². The molecule has 1 aliphatic carbocycles. The van der Waals surface area contributed by atoms with Gasteiger partial charge in [0.1, 0.15) is 23.5 Å². The van der Waals surface area contributed by atoms with Crippen LogP contribution in [0.5, 0.6) is 0 Å². The first-order valence-corrected chi connectivity index (χ1v) is 9.52. The van der Waals surface area contributed by atoms with Gasteiger partial charge in [0.2, 0.25) is 5.91 Å². The average molecular weight is 371 g/mol. The van der Waals surface area contributed by atoms with E-state index in [0.717, 1.165) is 23.8 Å². The zero-order chi connectivity index (χ0) is 19.3. The number of aromatic nitrogens is 3. The van der Waals surface area contributed by atoms with Crippen LogP contribution in [-0.4, -0.2) is 50.1 Å². The van der Waals surface area contributed by atoms with E-state index in [1.807, 2.05) is 11.1 Å². The number of aromatic amines is 1. The second-order valence-corrected chi connectivity index (χ2v) is 8.23. The number of carbonyl (C=O) groups excluding carboxylic acids is 1. The highest BCUT2D eigenvalue weighted by Gasteiger charge is 2.53. The molecule has 1 aliphatic heterocycles. The molecule has 3 heterocycles. The van der Waals surface area contributed by atoms with Crippen molar-refractivity contribution in [1.29, 1.82) is 0 Å². The Balaban J connectivity index is 1.59. The van der Waals surface area contributed by atoms with Crippen LogP contribution in [0.2, 0.25) is 0 Å². The highest BCUT2D eigenvalue weighted by atomic mass is 19.1.